The lowest BCUT2D eigenvalue weighted by atomic mass is 10.2. The highest BCUT2D eigenvalue weighted by atomic mass is 32.1. The molecule has 20 heavy (non-hydrogen) atoms. The van der Waals surface area contributed by atoms with Crippen LogP contribution in [0.5, 0.6) is 0 Å². The van der Waals surface area contributed by atoms with E-state index in [1.165, 1.54) is 11.3 Å². The van der Waals surface area contributed by atoms with E-state index in [1.807, 2.05) is 17.2 Å². The highest BCUT2D eigenvalue weighted by Gasteiger charge is 2.36. The Morgan fingerprint density at radius 1 is 1.45 bits per heavy atom. The third-order valence-electron chi connectivity index (χ3n) is 3.49. The highest BCUT2D eigenvalue weighted by molar-refractivity contribution is 7.17. The van der Waals surface area contributed by atoms with Gasteiger partial charge < -0.3 is 4.90 Å². The van der Waals surface area contributed by atoms with E-state index >= 15 is 0 Å². The number of carbonyl (C=O) groups excluding carboxylic acids is 1. The minimum absolute atomic E-state index is 0.152. The van der Waals surface area contributed by atoms with Crippen LogP contribution in [0.3, 0.4) is 0 Å². The number of nitrogens with zero attached hydrogens (tertiary/aromatic N) is 2. The van der Waals surface area contributed by atoms with Crippen molar-refractivity contribution in [1.29, 1.82) is 0 Å². The summed E-state index contributed by atoms with van der Waals surface area (Å²) in [4.78, 5) is 20.2. The molecule has 2 aromatic heterocycles. The van der Waals surface area contributed by atoms with Gasteiger partial charge in [-0.1, -0.05) is 0 Å². The van der Waals surface area contributed by atoms with Gasteiger partial charge in [0.1, 0.15) is 9.88 Å². The van der Waals surface area contributed by atoms with Crippen molar-refractivity contribution >= 4 is 28.6 Å². The van der Waals surface area contributed by atoms with Gasteiger partial charge in [-0.3, -0.25) is 4.79 Å². The van der Waals surface area contributed by atoms with Gasteiger partial charge >= 0.3 is 0 Å². The minimum Gasteiger partial charge on any atom is -0.332 e. The summed E-state index contributed by atoms with van der Waals surface area (Å²) in [6.45, 7) is 6.11. The molecule has 1 fully saturated rings. The largest absolute Gasteiger partial charge is 0.332 e. The fourth-order valence-electron chi connectivity index (χ4n) is 2.40. The van der Waals surface area contributed by atoms with Gasteiger partial charge in [0.25, 0.3) is 5.91 Å². The lowest BCUT2D eigenvalue weighted by molar-refractivity contribution is 0.0694. The van der Waals surface area contributed by atoms with Crippen molar-refractivity contribution in [2.45, 2.75) is 45.7 Å². The molecule has 0 saturated heterocycles. The summed E-state index contributed by atoms with van der Waals surface area (Å²) in [7, 11) is 0. The zero-order valence-corrected chi connectivity index (χ0v) is 13.6. The molecule has 2 heterocycles. The smallest absolute Gasteiger partial charge is 0.266 e. The van der Waals surface area contributed by atoms with Crippen LogP contribution in [-0.4, -0.2) is 27.9 Å². The number of thiophene rings is 1. The van der Waals surface area contributed by atoms with Crippen LogP contribution in [0.1, 0.15) is 42.1 Å². The van der Waals surface area contributed by atoms with E-state index in [2.05, 4.69) is 30.3 Å². The Kier molecular flexibility index (Phi) is 3.65. The first-order valence-electron chi connectivity index (χ1n) is 6.90. The van der Waals surface area contributed by atoms with Crippen LogP contribution in [0, 0.1) is 6.92 Å². The Bertz CT molecular complexity index is 610. The Labute approximate surface area is 127 Å². The summed E-state index contributed by atoms with van der Waals surface area (Å²) in [5, 5.41) is 5.07. The first kappa shape index (κ1) is 13.8. The van der Waals surface area contributed by atoms with Gasteiger partial charge in [-0.25, -0.2) is 4.98 Å². The molecule has 0 N–H and O–H groups in total. The first-order chi connectivity index (χ1) is 9.58. The van der Waals surface area contributed by atoms with E-state index in [4.69, 9.17) is 0 Å². The molecule has 0 spiro atoms. The van der Waals surface area contributed by atoms with E-state index in [0.29, 0.717) is 6.04 Å². The average molecular weight is 306 g/mol. The normalized spacial score (nSPS) is 14.8. The number of rotatable bonds is 4. The number of amides is 1. The second-order valence-corrected chi connectivity index (χ2v) is 7.26. The van der Waals surface area contributed by atoms with E-state index in [9.17, 15) is 4.79 Å². The number of hydrogen-bond donors (Lipinski definition) is 0. The minimum atomic E-state index is 0.152. The standard InChI is InChI=1S/C15H18N2OS2/c1-9(2)17(12-4-5-12)15(18)13-10(3)16-14(20-13)11-6-7-19-8-11/h6-9,12H,4-5H2,1-3H3. The summed E-state index contributed by atoms with van der Waals surface area (Å²) in [5.41, 5.74) is 1.97. The number of carbonyl (C=O) groups is 1. The van der Waals surface area contributed by atoms with Gasteiger partial charge in [0, 0.05) is 23.0 Å². The van der Waals surface area contributed by atoms with E-state index < -0.39 is 0 Å². The molecule has 0 unspecified atom stereocenters. The number of aromatic nitrogens is 1. The number of hydrogen-bond acceptors (Lipinski definition) is 4. The number of thiazole rings is 1. The lowest BCUT2D eigenvalue weighted by Gasteiger charge is -2.26. The van der Waals surface area contributed by atoms with Crippen LogP contribution in [0.25, 0.3) is 10.6 Å². The molecule has 0 atom stereocenters. The summed E-state index contributed by atoms with van der Waals surface area (Å²) in [6, 6.07) is 2.74. The van der Waals surface area contributed by atoms with Gasteiger partial charge in [-0.2, -0.15) is 11.3 Å². The molecule has 5 heteroatoms. The lowest BCUT2D eigenvalue weighted by Crippen LogP contribution is -2.38. The molecule has 0 aromatic carbocycles. The van der Waals surface area contributed by atoms with Crippen molar-refractivity contribution in [2.24, 2.45) is 0 Å². The zero-order chi connectivity index (χ0) is 14.3. The Hall–Kier alpha value is -1.20. The second kappa shape index (κ2) is 5.30. The van der Waals surface area contributed by atoms with Crippen molar-refractivity contribution in [3.63, 3.8) is 0 Å². The molecular weight excluding hydrogens is 288 g/mol. The third-order valence-corrected chi connectivity index (χ3v) is 5.37. The molecule has 2 aromatic rings. The topological polar surface area (TPSA) is 33.2 Å². The van der Waals surface area contributed by atoms with E-state index in [0.717, 1.165) is 34.0 Å². The fourth-order valence-corrected chi connectivity index (χ4v) is 4.12. The molecule has 1 amide bonds. The van der Waals surface area contributed by atoms with E-state index in [-0.39, 0.29) is 11.9 Å². The Morgan fingerprint density at radius 2 is 2.20 bits per heavy atom. The van der Waals surface area contributed by atoms with Crippen molar-refractivity contribution in [2.75, 3.05) is 0 Å². The predicted octanol–water partition coefficient (Wildman–Crippen LogP) is 4.19. The summed E-state index contributed by atoms with van der Waals surface area (Å²) in [6.07, 6.45) is 2.28. The van der Waals surface area contributed by atoms with Gasteiger partial charge in [0.05, 0.1) is 5.69 Å². The van der Waals surface area contributed by atoms with Gasteiger partial charge in [-0.15, -0.1) is 11.3 Å². The van der Waals surface area contributed by atoms with Crippen LogP contribution in [-0.2, 0) is 0 Å². The van der Waals surface area contributed by atoms with Crippen LogP contribution in [0.2, 0.25) is 0 Å². The Morgan fingerprint density at radius 3 is 2.75 bits per heavy atom. The third kappa shape index (κ3) is 2.52. The molecule has 1 saturated carbocycles. The van der Waals surface area contributed by atoms with Crippen molar-refractivity contribution < 1.29 is 4.79 Å². The maximum absolute atomic E-state index is 12.8. The maximum Gasteiger partial charge on any atom is 0.266 e. The molecule has 3 nitrogen and oxygen atoms in total. The van der Waals surface area contributed by atoms with Gasteiger partial charge in [0.15, 0.2) is 0 Å². The van der Waals surface area contributed by atoms with Crippen LogP contribution in [0.15, 0.2) is 16.8 Å². The first-order valence-corrected chi connectivity index (χ1v) is 8.66. The second-order valence-electron chi connectivity index (χ2n) is 5.48. The quantitative estimate of drug-likeness (QED) is 0.848. The monoisotopic (exact) mass is 306 g/mol. The maximum atomic E-state index is 12.8. The molecule has 106 valence electrons. The zero-order valence-electron chi connectivity index (χ0n) is 11.9. The van der Waals surface area contributed by atoms with Crippen LogP contribution >= 0.6 is 22.7 Å². The molecule has 0 bridgehead atoms. The molecule has 3 rings (SSSR count). The molecule has 0 radical (unpaired) electrons. The summed E-state index contributed by atoms with van der Waals surface area (Å²) in [5.74, 6) is 0.152. The van der Waals surface area contributed by atoms with Crippen LogP contribution < -0.4 is 0 Å². The Balaban J connectivity index is 1.91. The van der Waals surface area contributed by atoms with Gasteiger partial charge in [0.2, 0.25) is 0 Å². The van der Waals surface area contributed by atoms with Crippen molar-refractivity contribution in [3.05, 3.63) is 27.4 Å². The van der Waals surface area contributed by atoms with Gasteiger partial charge in [-0.05, 0) is 45.1 Å². The van der Waals surface area contributed by atoms with Crippen molar-refractivity contribution in [3.8, 4) is 10.6 Å². The fraction of sp³-hybridized carbons (Fsp3) is 0.467. The summed E-state index contributed by atoms with van der Waals surface area (Å²) >= 11 is 3.18. The van der Waals surface area contributed by atoms with Crippen molar-refractivity contribution in [1.82, 2.24) is 9.88 Å². The number of aryl methyl sites for hydroxylation is 1. The highest BCUT2D eigenvalue weighted by Crippen LogP contribution is 2.34. The summed E-state index contributed by atoms with van der Waals surface area (Å²) < 4.78 is 0. The molecule has 0 aliphatic heterocycles. The predicted molar refractivity (Wildman–Crippen MR) is 84.5 cm³/mol. The van der Waals surface area contributed by atoms with Crippen LogP contribution in [0.4, 0.5) is 0 Å². The molecule has 1 aliphatic carbocycles. The molecule has 1 aliphatic rings. The SMILES string of the molecule is Cc1nc(-c2ccsc2)sc1C(=O)N(C(C)C)C1CC1. The average Bonchev–Trinajstić information content (AvgIpc) is 2.92. The molecular formula is C15H18N2OS2. The van der Waals surface area contributed by atoms with E-state index in [1.54, 1.807) is 11.3 Å².